The van der Waals surface area contributed by atoms with Crippen LogP contribution in [-0.4, -0.2) is 51.1 Å². The van der Waals surface area contributed by atoms with Crippen LogP contribution in [0.3, 0.4) is 0 Å². The Balaban J connectivity index is 1.33. The number of hydrogen-bond acceptors (Lipinski definition) is 7. The SMILES string of the molecule is COc1ccc2ncnc(N3CCc4ncc(N5CCC(C(F)(F)F)n6nccc65)cc4C3)c2c1. The van der Waals surface area contributed by atoms with E-state index >= 15 is 0 Å². The Kier molecular flexibility index (Phi) is 5.01. The van der Waals surface area contributed by atoms with Crippen molar-refractivity contribution in [2.24, 2.45) is 0 Å². The van der Waals surface area contributed by atoms with Gasteiger partial charge in [-0.25, -0.2) is 14.6 Å². The summed E-state index contributed by atoms with van der Waals surface area (Å²) in [6.07, 6.45) is 1.03. The van der Waals surface area contributed by atoms with Crippen molar-refractivity contribution in [3.05, 3.63) is 60.3 Å². The highest BCUT2D eigenvalue weighted by Crippen LogP contribution is 2.41. The first kappa shape index (κ1) is 21.6. The molecule has 0 saturated heterocycles. The van der Waals surface area contributed by atoms with Crippen LogP contribution in [0.15, 0.2) is 49.1 Å². The number of pyridine rings is 1. The number of aromatic nitrogens is 5. The minimum Gasteiger partial charge on any atom is -0.497 e. The van der Waals surface area contributed by atoms with Crippen molar-refractivity contribution >= 4 is 28.2 Å². The molecular formula is C24H22F3N7O. The van der Waals surface area contributed by atoms with Crippen molar-refractivity contribution in [2.75, 3.05) is 30.0 Å². The summed E-state index contributed by atoms with van der Waals surface area (Å²) in [7, 11) is 1.62. The minimum absolute atomic E-state index is 0.0733. The van der Waals surface area contributed by atoms with Crippen molar-refractivity contribution in [3.63, 3.8) is 0 Å². The fraction of sp³-hybridized carbons (Fsp3) is 0.333. The lowest BCUT2D eigenvalue weighted by atomic mass is 10.0. The van der Waals surface area contributed by atoms with E-state index < -0.39 is 12.2 Å². The molecule has 2 aliphatic heterocycles. The largest absolute Gasteiger partial charge is 0.497 e. The summed E-state index contributed by atoms with van der Waals surface area (Å²) in [4.78, 5) is 17.6. The molecule has 1 atom stereocenters. The van der Waals surface area contributed by atoms with E-state index in [9.17, 15) is 13.2 Å². The number of anilines is 3. The van der Waals surface area contributed by atoms with Crippen LogP contribution in [0.25, 0.3) is 10.9 Å². The number of hydrogen-bond donors (Lipinski definition) is 0. The Hall–Kier alpha value is -3.89. The topological polar surface area (TPSA) is 72.2 Å². The molecule has 2 aliphatic rings. The lowest BCUT2D eigenvalue weighted by Gasteiger charge is -2.36. The Morgan fingerprint density at radius 3 is 2.77 bits per heavy atom. The maximum atomic E-state index is 13.5. The summed E-state index contributed by atoms with van der Waals surface area (Å²) in [6.45, 7) is 1.56. The predicted octanol–water partition coefficient (Wildman–Crippen LogP) is 4.44. The molecule has 0 amide bonds. The molecular weight excluding hydrogens is 459 g/mol. The Labute approximate surface area is 199 Å². The van der Waals surface area contributed by atoms with Gasteiger partial charge in [0.25, 0.3) is 0 Å². The summed E-state index contributed by atoms with van der Waals surface area (Å²) >= 11 is 0. The normalized spacial score (nSPS) is 17.9. The zero-order chi connectivity index (χ0) is 24.2. The molecule has 0 N–H and O–H groups in total. The van der Waals surface area contributed by atoms with Gasteiger partial charge < -0.3 is 14.5 Å². The van der Waals surface area contributed by atoms with Crippen LogP contribution in [0.4, 0.5) is 30.5 Å². The molecule has 11 heteroatoms. The first-order chi connectivity index (χ1) is 16.9. The van der Waals surface area contributed by atoms with Gasteiger partial charge in [-0.05, 0) is 36.2 Å². The smallest absolute Gasteiger partial charge is 0.410 e. The van der Waals surface area contributed by atoms with E-state index in [1.165, 1.54) is 6.20 Å². The van der Waals surface area contributed by atoms with Crippen LogP contribution in [0.2, 0.25) is 0 Å². The van der Waals surface area contributed by atoms with E-state index in [2.05, 4.69) is 25.0 Å². The summed E-state index contributed by atoms with van der Waals surface area (Å²) in [5.41, 5.74) is 3.59. The van der Waals surface area contributed by atoms with Gasteiger partial charge in [0.2, 0.25) is 0 Å². The van der Waals surface area contributed by atoms with Gasteiger partial charge in [0, 0.05) is 43.2 Å². The number of ether oxygens (including phenoxy) is 1. The molecule has 1 aromatic carbocycles. The van der Waals surface area contributed by atoms with Crippen molar-refractivity contribution in [2.45, 2.75) is 31.6 Å². The summed E-state index contributed by atoms with van der Waals surface area (Å²) in [5, 5.41) is 4.87. The highest BCUT2D eigenvalue weighted by atomic mass is 19.4. The molecule has 5 heterocycles. The second-order valence-corrected chi connectivity index (χ2v) is 8.68. The third-order valence-corrected chi connectivity index (χ3v) is 6.68. The lowest BCUT2D eigenvalue weighted by molar-refractivity contribution is -0.172. The summed E-state index contributed by atoms with van der Waals surface area (Å²) in [5.74, 6) is 1.96. The Morgan fingerprint density at radius 2 is 1.94 bits per heavy atom. The second-order valence-electron chi connectivity index (χ2n) is 8.68. The molecule has 0 radical (unpaired) electrons. The Morgan fingerprint density at radius 1 is 1.06 bits per heavy atom. The summed E-state index contributed by atoms with van der Waals surface area (Å²) < 4.78 is 47.0. The number of benzene rings is 1. The first-order valence-corrected chi connectivity index (χ1v) is 11.3. The van der Waals surface area contributed by atoms with Crippen LogP contribution in [0.1, 0.15) is 23.7 Å². The molecule has 6 rings (SSSR count). The Bertz CT molecular complexity index is 1400. The standard InChI is InChI=1S/C24H22F3N7O/c1-35-17-2-3-20-18(11-17)23(30-14-29-20)32-8-5-19-15(13-32)10-16(12-28-19)33-9-6-21(24(25,26)27)34-22(33)4-7-31-34/h2-4,7,10-12,14,21H,5-6,8-9,13H2,1H3. The molecule has 0 bridgehead atoms. The van der Waals surface area contributed by atoms with Gasteiger partial charge >= 0.3 is 6.18 Å². The van der Waals surface area contributed by atoms with Crippen LogP contribution < -0.4 is 14.5 Å². The predicted molar refractivity (Wildman–Crippen MR) is 124 cm³/mol. The molecule has 1 unspecified atom stereocenters. The van der Waals surface area contributed by atoms with Gasteiger partial charge in [-0.1, -0.05) is 0 Å². The van der Waals surface area contributed by atoms with Gasteiger partial charge in [-0.3, -0.25) is 4.98 Å². The molecule has 35 heavy (non-hydrogen) atoms. The van der Waals surface area contributed by atoms with Gasteiger partial charge in [-0.15, -0.1) is 0 Å². The highest BCUT2D eigenvalue weighted by Gasteiger charge is 2.45. The molecule has 8 nitrogen and oxygen atoms in total. The van der Waals surface area contributed by atoms with E-state index in [0.29, 0.717) is 12.4 Å². The number of nitrogens with zero attached hydrogens (tertiary/aromatic N) is 7. The molecule has 180 valence electrons. The number of rotatable bonds is 3. The third kappa shape index (κ3) is 3.71. The number of halogens is 3. The van der Waals surface area contributed by atoms with Crippen LogP contribution >= 0.6 is 0 Å². The number of fused-ring (bicyclic) bond motifs is 3. The molecule has 4 aromatic rings. The van der Waals surface area contributed by atoms with Crippen LogP contribution in [-0.2, 0) is 13.0 Å². The maximum absolute atomic E-state index is 13.5. The van der Waals surface area contributed by atoms with Crippen LogP contribution in [0, 0.1) is 0 Å². The fourth-order valence-corrected chi connectivity index (χ4v) is 4.96. The van der Waals surface area contributed by atoms with Gasteiger partial charge in [0.15, 0.2) is 6.04 Å². The van der Waals surface area contributed by atoms with Crippen molar-refractivity contribution in [1.29, 1.82) is 0 Å². The van der Waals surface area contributed by atoms with Gasteiger partial charge in [-0.2, -0.15) is 18.3 Å². The average Bonchev–Trinajstić information content (AvgIpc) is 3.36. The zero-order valence-electron chi connectivity index (χ0n) is 18.9. The van der Waals surface area contributed by atoms with Crippen molar-refractivity contribution in [1.82, 2.24) is 24.7 Å². The van der Waals surface area contributed by atoms with E-state index in [-0.39, 0.29) is 13.0 Å². The van der Waals surface area contributed by atoms with E-state index in [0.717, 1.165) is 57.1 Å². The van der Waals surface area contributed by atoms with Gasteiger partial charge in [0.05, 0.1) is 30.7 Å². The minimum atomic E-state index is -4.34. The molecule has 0 aliphatic carbocycles. The molecule has 0 fully saturated rings. The summed E-state index contributed by atoms with van der Waals surface area (Å²) in [6, 6.07) is 7.72. The number of methoxy groups -OCH3 is 1. The van der Waals surface area contributed by atoms with Crippen LogP contribution in [0.5, 0.6) is 5.75 Å². The second kappa shape index (κ2) is 8.10. The van der Waals surface area contributed by atoms with E-state index in [1.807, 2.05) is 29.2 Å². The van der Waals surface area contributed by atoms with E-state index in [1.54, 1.807) is 25.7 Å². The molecule has 0 saturated carbocycles. The molecule has 3 aromatic heterocycles. The lowest BCUT2D eigenvalue weighted by Crippen LogP contribution is -2.38. The number of alkyl halides is 3. The zero-order valence-corrected chi connectivity index (χ0v) is 18.9. The monoisotopic (exact) mass is 481 g/mol. The van der Waals surface area contributed by atoms with E-state index in [4.69, 9.17) is 4.74 Å². The maximum Gasteiger partial charge on any atom is 0.410 e. The van der Waals surface area contributed by atoms with Crippen molar-refractivity contribution < 1.29 is 17.9 Å². The average molecular weight is 481 g/mol. The fourth-order valence-electron chi connectivity index (χ4n) is 4.96. The quantitative estimate of drug-likeness (QED) is 0.429. The first-order valence-electron chi connectivity index (χ1n) is 11.3. The molecule has 0 spiro atoms. The highest BCUT2D eigenvalue weighted by molar-refractivity contribution is 5.90. The van der Waals surface area contributed by atoms with Crippen molar-refractivity contribution in [3.8, 4) is 5.75 Å². The van der Waals surface area contributed by atoms with Gasteiger partial charge in [0.1, 0.15) is 23.7 Å². The third-order valence-electron chi connectivity index (χ3n) is 6.68.